The molecule has 0 saturated heterocycles. The third kappa shape index (κ3) is 3.20. The van der Waals surface area contributed by atoms with Crippen LogP contribution in [-0.4, -0.2) is 12.1 Å². The average molecular weight is 293 g/mol. The quantitative estimate of drug-likeness (QED) is 0.877. The second-order valence-electron chi connectivity index (χ2n) is 3.51. The van der Waals surface area contributed by atoms with Crippen LogP contribution in [-0.2, 0) is 6.54 Å². The Hall–Kier alpha value is -1.55. The van der Waals surface area contributed by atoms with Gasteiger partial charge in [0.2, 0.25) is 0 Å². The Morgan fingerprint density at radius 1 is 1.18 bits per heavy atom. The molecular weight excluding hydrogens is 280 g/mol. The fourth-order valence-electron chi connectivity index (χ4n) is 1.53. The van der Waals surface area contributed by atoms with Crippen molar-refractivity contribution in [3.63, 3.8) is 0 Å². The molecule has 0 fully saturated rings. The van der Waals surface area contributed by atoms with Crippen molar-refractivity contribution >= 4 is 21.6 Å². The highest BCUT2D eigenvalue weighted by Gasteiger charge is 2.01. The third-order valence-corrected chi connectivity index (χ3v) is 2.78. The number of pyridine rings is 1. The molecule has 17 heavy (non-hydrogen) atoms. The van der Waals surface area contributed by atoms with Crippen molar-refractivity contribution in [2.45, 2.75) is 6.54 Å². The fourth-order valence-corrected chi connectivity index (χ4v) is 1.91. The van der Waals surface area contributed by atoms with E-state index in [2.05, 4.69) is 26.2 Å². The van der Waals surface area contributed by atoms with Crippen LogP contribution < -0.4 is 10.1 Å². The van der Waals surface area contributed by atoms with Gasteiger partial charge in [0.25, 0.3) is 0 Å². The Labute approximate surface area is 109 Å². The summed E-state index contributed by atoms with van der Waals surface area (Å²) in [5.74, 6) is 0.836. The molecule has 0 amide bonds. The van der Waals surface area contributed by atoms with Crippen LogP contribution >= 0.6 is 15.9 Å². The van der Waals surface area contributed by atoms with Gasteiger partial charge in [0.05, 0.1) is 25.0 Å². The van der Waals surface area contributed by atoms with Crippen molar-refractivity contribution < 1.29 is 4.74 Å². The molecule has 2 aromatic rings. The highest BCUT2D eigenvalue weighted by molar-refractivity contribution is 9.10. The SMILES string of the molecule is COc1ccccc1NCc1cccc(Br)n1. The Morgan fingerprint density at radius 2 is 2.00 bits per heavy atom. The van der Waals surface area contributed by atoms with Gasteiger partial charge in [-0.2, -0.15) is 0 Å². The Morgan fingerprint density at radius 3 is 2.76 bits per heavy atom. The molecule has 1 aromatic carbocycles. The Bertz CT molecular complexity index is 502. The first kappa shape index (κ1) is 11.9. The highest BCUT2D eigenvalue weighted by Crippen LogP contribution is 2.23. The van der Waals surface area contributed by atoms with Gasteiger partial charge >= 0.3 is 0 Å². The highest BCUT2D eigenvalue weighted by atomic mass is 79.9. The van der Waals surface area contributed by atoms with Crippen LogP contribution in [0.3, 0.4) is 0 Å². The van der Waals surface area contributed by atoms with Gasteiger partial charge in [-0.05, 0) is 40.2 Å². The number of benzene rings is 1. The average Bonchev–Trinajstić information content (AvgIpc) is 2.37. The molecule has 0 atom stereocenters. The maximum absolute atomic E-state index is 5.27. The second-order valence-corrected chi connectivity index (χ2v) is 4.32. The van der Waals surface area contributed by atoms with Gasteiger partial charge in [-0.25, -0.2) is 4.98 Å². The van der Waals surface area contributed by atoms with Crippen molar-refractivity contribution in [1.29, 1.82) is 0 Å². The lowest BCUT2D eigenvalue weighted by atomic mass is 10.3. The van der Waals surface area contributed by atoms with Gasteiger partial charge in [-0.1, -0.05) is 18.2 Å². The van der Waals surface area contributed by atoms with Crippen LogP contribution in [0.15, 0.2) is 47.1 Å². The normalized spacial score (nSPS) is 10.0. The monoisotopic (exact) mass is 292 g/mol. The summed E-state index contributed by atoms with van der Waals surface area (Å²) in [6.07, 6.45) is 0. The van der Waals surface area contributed by atoms with Gasteiger partial charge < -0.3 is 10.1 Å². The van der Waals surface area contributed by atoms with Crippen LogP contribution in [0.4, 0.5) is 5.69 Å². The summed E-state index contributed by atoms with van der Waals surface area (Å²) in [5.41, 5.74) is 1.95. The summed E-state index contributed by atoms with van der Waals surface area (Å²) < 4.78 is 6.11. The molecule has 4 heteroatoms. The lowest BCUT2D eigenvalue weighted by Crippen LogP contribution is -2.02. The summed E-state index contributed by atoms with van der Waals surface area (Å²) in [6, 6.07) is 13.7. The maximum Gasteiger partial charge on any atom is 0.141 e. The van der Waals surface area contributed by atoms with Crippen molar-refractivity contribution in [2.24, 2.45) is 0 Å². The van der Waals surface area contributed by atoms with Crippen molar-refractivity contribution in [2.75, 3.05) is 12.4 Å². The van der Waals surface area contributed by atoms with Gasteiger partial charge in [0, 0.05) is 0 Å². The first-order chi connectivity index (χ1) is 8.29. The van der Waals surface area contributed by atoms with Gasteiger partial charge in [0.1, 0.15) is 10.4 Å². The number of halogens is 1. The summed E-state index contributed by atoms with van der Waals surface area (Å²) in [5, 5.41) is 3.30. The topological polar surface area (TPSA) is 34.1 Å². The van der Waals surface area contributed by atoms with E-state index in [1.807, 2.05) is 42.5 Å². The smallest absolute Gasteiger partial charge is 0.141 e. The summed E-state index contributed by atoms with van der Waals surface area (Å²) >= 11 is 3.35. The zero-order chi connectivity index (χ0) is 12.1. The van der Waals surface area contributed by atoms with E-state index in [1.165, 1.54) is 0 Å². The first-order valence-corrected chi connectivity index (χ1v) is 6.07. The summed E-state index contributed by atoms with van der Waals surface area (Å²) in [6.45, 7) is 0.666. The predicted octanol–water partition coefficient (Wildman–Crippen LogP) is 3.46. The largest absolute Gasteiger partial charge is 0.495 e. The van der Waals surface area contributed by atoms with E-state index in [-0.39, 0.29) is 0 Å². The lowest BCUT2D eigenvalue weighted by molar-refractivity contribution is 0.416. The molecular formula is C13H13BrN2O. The van der Waals surface area contributed by atoms with Crippen molar-refractivity contribution in [3.05, 3.63) is 52.8 Å². The molecule has 3 nitrogen and oxygen atoms in total. The number of nitrogens with one attached hydrogen (secondary N) is 1. The molecule has 0 aliphatic rings. The van der Waals surface area contributed by atoms with Gasteiger partial charge in [0.15, 0.2) is 0 Å². The van der Waals surface area contributed by atoms with Crippen LogP contribution in [0, 0.1) is 0 Å². The molecule has 0 unspecified atom stereocenters. The van der Waals surface area contributed by atoms with E-state index in [0.717, 1.165) is 21.7 Å². The lowest BCUT2D eigenvalue weighted by Gasteiger charge is -2.10. The van der Waals surface area contributed by atoms with Crippen LogP contribution in [0.5, 0.6) is 5.75 Å². The molecule has 0 saturated carbocycles. The van der Waals surface area contributed by atoms with E-state index in [9.17, 15) is 0 Å². The number of aromatic nitrogens is 1. The number of nitrogens with zero attached hydrogens (tertiary/aromatic N) is 1. The Balaban J connectivity index is 2.07. The number of ether oxygens (including phenoxy) is 1. The number of hydrogen-bond donors (Lipinski definition) is 1. The third-order valence-electron chi connectivity index (χ3n) is 2.34. The van der Waals surface area contributed by atoms with E-state index in [4.69, 9.17) is 4.74 Å². The molecule has 1 aromatic heterocycles. The molecule has 88 valence electrons. The molecule has 0 aliphatic heterocycles. The van der Waals surface area contributed by atoms with E-state index >= 15 is 0 Å². The van der Waals surface area contributed by atoms with E-state index in [1.54, 1.807) is 7.11 Å². The molecule has 1 heterocycles. The number of methoxy groups -OCH3 is 1. The van der Waals surface area contributed by atoms with Crippen molar-refractivity contribution in [3.8, 4) is 5.75 Å². The van der Waals surface area contributed by atoms with Crippen molar-refractivity contribution in [1.82, 2.24) is 4.98 Å². The van der Waals surface area contributed by atoms with E-state index in [0.29, 0.717) is 6.54 Å². The molecule has 0 bridgehead atoms. The molecule has 1 N–H and O–H groups in total. The molecule has 0 aliphatic carbocycles. The molecule has 0 spiro atoms. The molecule has 2 rings (SSSR count). The zero-order valence-electron chi connectivity index (χ0n) is 9.48. The Kier molecular flexibility index (Phi) is 3.98. The zero-order valence-corrected chi connectivity index (χ0v) is 11.1. The second kappa shape index (κ2) is 5.68. The first-order valence-electron chi connectivity index (χ1n) is 5.28. The van der Waals surface area contributed by atoms with Gasteiger partial charge in [-0.3, -0.25) is 0 Å². The fraction of sp³-hybridized carbons (Fsp3) is 0.154. The minimum atomic E-state index is 0.666. The maximum atomic E-state index is 5.27. The number of hydrogen-bond acceptors (Lipinski definition) is 3. The summed E-state index contributed by atoms with van der Waals surface area (Å²) in [7, 11) is 1.66. The standard InChI is InChI=1S/C13H13BrN2O/c1-17-12-7-3-2-6-11(12)15-9-10-5-4-8-13(14)16-10/h2-8,15H,9H2,1H3. The van der Waals surface area contributed by atoms with Crippen LogP contribution in [0.2, 0.25) is 0 Å². The molecule has 0 radical (unpaired) electrons. The van der Waals surface area contributed by atoms with Crippen LogP contribution in [0.1, 0.15) is 5.69 Å². The number of anilines is 1. The predicted molar refractivity (Wildman–Crippen MR) is 72.3 cm³/mol. The van der Waals surface area contributed by atoms with E-state index < -0.39 is 0 Å². The number of para-hydroxylation sites is 2. The summed E-state index contributed by atoms with van der Waals surface area (Å²) in [4.78, 5) is 4.36. The minimum Gasteiger partial charge on any atom is -0.495 e. The minimum absolute atomic E-state index is 0.666. The van der Waals surface area contributed by atoms with Gasteiger partial charge in [-0.15, -0.1) is 0 Å². The number of rotatable bonds is 4. The van der Waals surface area contributed by atoms with Crippen LogP contribution in [0.25, 0.3) is 0 Å².